The lowest BCUT2D eigenvalue weighted by molar-refractivity contribution is 0.0542. The number of aryl methyl sites for hydroxylation is 1. The minimum absolute atomic E-state index is 0.392. The van der Waals surface area contributed by atoms with Crippen molar-refractivity contribution in [3.63, 3.8) is 0 Å². The molecular weight excluding hydrogens is 322 g/mol. The molecule has 1 N–H and O–H groups in total. The lowest BCUT2D eigenvalue weighted by Gasteiger charge is -2.50. The monoisotopic (exact) mass is 353 g/mol. The molecule has 134 valence electrons. The number of benzene rings is 1. The third-order valence-corrected chi connectivity index (χ3v) is 7.36. The molecule has 1 nitrogen and oxygen atoms in total. The van der Waals surface area contributed by atoms with Crippen LogP contribution >= 0.6 is 11.3 Å². The van der Waals surface area contributed by atoms with Gasteiger partial charge in [-0.2, -0.15) is 0 Å². The van der Waals surface area contributed by atoms with Crippen LogP contribution in [0.15, 0.2) is 35.7 Å². The van der Waals surface area contributed by atoms with Crippen LogP contribution in [0.3, 0.4) is 0 Å². The number of hydrogen-bond acceptors (Lipinski definition) is 2. The van der Waals surface area contributed by atoms with E-state index in [4.69, 9.17) is 0 Å². The van der Waals surface area contributed by atoms with E-state index in [0.29, 0.717) is 5.54 Å². The maximum atomic E-state index is 4.01. The van der Waals surface area contributed by atoms with Gasteiger partial charge in [-0.3, -0.25) is 0 Å². The van der Waals surface area contributed by atoms with E-state index < -0.39 is 0 Å². The average Bonchev–Trinajstić information content (AvgIpc) is 2.98. The Labute approximate surface area is 156 Å². The first-order valence-electron chi connectivity index (χ1n) is 9.91. The summed E-state index contributed by atoms with van der Waals surface area (Å²) in [6.07, 6.45) is 7.01. The van der Waals surface area contributed by atoms with Gasteiger partial charge in [-0.1, -0.05) is 38.1 Å². The Kier molecular flexibility index (Phi) is 4.77. The molecule has 1 heterocycles. The summed E-state index contributed by atoms with van der Waals surface area (Å²) in [5.41, 5.74) is 4.51. The van der Waals surface area contributed by atoms with E-state index in [0.717, 1.165) is 24.3 Å². The Morgan fingerprint density at radius 1 is 1.04 bits per heavy atom. The van der Waals surface area contributed by atoms with Crippen molar-refractivity contribution in [2.45, 2.75) is 65.0 Å². The smallest absolute Gasteiger partial charge is 0.0345 e. The predicted molar refractivity (Wildman–Crippen MR) is 109 cm³/mol. The number of hydrogen-bond donors (Lipinski definition) is 1. The third-order valence-electron chi connectivity index (χ3n) is 6.27. The van der Waals surface area contributed by atoms with Crippen molar-refractivity contribution in [3.8, 4) is 10.4 Å². The van der Waals surface area contributed by atoms with Crippen LogP contribution in [0, 0.1) is 24.7 Å². The molecule has 2 fully saturated rings. The second kappa shape index (κ2) is 6.89. The van der Waals surface area contributed by atoms with Gasteiger partial charge in [0.05, 0.1) is 0 Å². The summed E-state index contributed by atoms with van der Waals surface area (Å²) in [6.45, 7) is 8.09. The first-order chi connectivity index (χ1) is 12.0. The fraction of sp³-hybridized carbons (Fsp3) is 0.565. The standard InChI is InChI=1S/C23H31NS/c1-16-8-20-9-17(2)12-23(11-16,13-20)24-14-19-4-6-21(7-5-19)22-10-18(3)15-25-22/h4-7,10,15-17,20,24H,8-9,11-14H2,1-3H3. The molecule has 2 aromatic rings. The fourth-order valence-corrected chi connectivity index (χ4v) is 6.49. The lowest BCUT2D eigenvalue weighted by Crippen LogP contribution is -2.54. The van der Waals surface area contributed by atoms with Crippen molar-refractivity contribution in [2.75, 3.05) is 0 Å². The molecule has 1 aromatic heterocycles. The minimum atomic E-state index is 0.392. The van der Waals surface area contributed by atoms with Gasteiger partial charge >= 0.3 is 0 Å². The zero-order valence-electron chi connectivity index (χ0n) is 15.8. The Morgan fingerprint density at radius 3 is 2.32 bits per heavy atom. The van der Waals surface area contributed by atoms with Crippen LogP contribution in [-0.2, 0) is 6.54 Å². The molecule has 2 heteroatoms. The fourth-order valence-electron chi connectivity index (χ4n) is 5.58. The van der Waals surface area contributed by atoms with Gasteiger partial charge in [0, 0.05) is 17.0 Å². The maximum absolute atomic E-state index is 4.01. The zero-order chi connectivity index (χ0) is 17.4. The molecule has 0 amide bonds. The summed E-state index contributed by atoms with van der Waals surface area (Å²) in [5, 5.41) is 6.24. The molecule has 0 spiro atoms. The molecule has 2 aliphatic carbocycles. The maximum Gasteiger partial charge on any atom is 0.0345 e. The summed E-state index contributed by atoms with van der Waals surface area (Å²) < 4.78 is 0. The zero-order valence-corrected chi connectivity index (χ0v) is 16.7. The van der Waals surface area contributed by atoms with Crippen molar-refractivity contribution in [1.82, 2.24) is 5.32 Å². The molecule has 0 aliphatic heterocycles. The first kappa shape index (κ1) is 17.3. The highest BCUT2D eigenvalue weighted by Crippen LogP contribution is 2.47. The molecule has 25 heavy (non-hydrogen) atoms. The van der Waals surface area contributed by atoms with Crippen LogP contribution in [0.5, 0.6) is 0 Å². The third kappa shape index (κ3) is 3.85. The van der Waals surface area contributed by atoms with E-state index in [1.165, 1.54) is 53.7 Å². The van der Waals surface area contributed by atoms with Crippen molar-refractivity contribution in [3.05, 3.63) is 46.8 Å². The van der Waals surface area contributed by atoms with Crippen molar-refractivity contribution in [1.29, 1.82) is 0 Å². The highest BCUT2D eigenvalue weighted by Gasteiger charge is 2.43. The predicted octanol–water partition coefficient (Wildman–Crippen LogP) is 6.42. The van der Waals surface area contributed by atoms with E-state index in [1.807, 2.05) is 11.3 Å². The SMILES string of the molecule is Cc1csc(-c2ccc(CNC34CC(C)CC(CC(C)C3)C4)cc2)c1. The molecular formula is C23H31NS. The normalized spacial score (nSPS) is 31.9. The van der Waals surface area contributed by atoms with Gasteiger partial charge in [0.25, 0.3) is 0 Å². The van der Waals surface area contributed by atoms with E-state index >= 15 is 0 Å². The Morgan fingerprint density at radius 2 is 1.72 bits per heavy atom. The second-order valence-electron chi connectivity index (χ2n) is 8.98. The lowest BCUT2D eigenvalue weighted by atomic mass is 9.61. The van der Waals surface area contributed by atoms with Crippen LogP contribution < -0.4 is 5.32 Å². The first-order valence-corrected chi connectivity index (χ1v) is 10.8. The Hall–Kier alpha value is -1.12. The van der Waals surface area contributed by atoms with E-state index in [-0.39, 0.29) is 0 Å². The molecule has 0 radical (unpaired) electrons. The van der Waals surface area contributed by atoms with Gasteiger partial charge in [0.15, 0.2) is 0 Å². The van der Waals surface area contributed by atoms with Crippen LogP contribution in [0.1, 0.15) is 57.1 Å². The van der Waals surface area contributed by atoms with Gasteiger partial charge in [-0.25, -0.2) is 0 Å². The largest absolute Gasteiger partial charge is 0.307 e. The van der Waals surface area contributed by atoms with E-state index in [1.54, 1.807) is 0 Å². The Bertz CT molecular complexity index is 694. The van der Waals surface area contributed by atoms with Crippen molar-refractivity contribution >= 4 is 11.3 Å². The molecule has 2 saturated carbocycles. The summed E-state index contributed by atoms with van der Waals surface area (Å²) in [5.74, 6) is 2.70. The van der Waals surface area contributed by atoms with Gasteiger partial charge in [-0.15, -0.1) is 11.3 Å². The average molecular weight is 354 g/mol. The molecule has 2 unspecified atom stereocenters. The van der Waals surface area contributed by atoms with Gasteiger partial charge < -0.3 is 5.32 Å². The van der Waals surface area contributed by atoms with Gasteiger partial charge in [-0.05, 0) is 84.9 Å². The number of nitrogens with one attached hydrogen (secondary N) is 1. The molecule has 2 bridgehead atoms. The molecule has 2 aliphatic rings. The van der Waals surface area contributed by atoms with Crippen LogP contribution in [0.2, 0.25) is 0 Å². The van der Waals surface area contributed by atoms with Crippen LogP contribution in [-0.4, -0.2) is 5.54 Å². The molecule has 4 rings (SSSR count). The number of thiophene rings is 1. The topological polar surface area (TPSA) is 12.0 Å². The second-order valence-corrected chi connectivity index (χ2v) is 9.89. The summed E-state index contributed by atoms with van der Waals surface area (Å²) in [6, 6.07) is 11.5. The highest BCUT2D eigenvalue weighted by molar-refractivity contribution is 7.13. The van der Waals surface area contributed by atoms with Crippen LogP contribution in [0.4, 0.5) is 0 Å². The Balaban J connectivity index is 1.43. The van der Waals surface area contributed by atoms with E-state index in [2.05, 4.69) is 61.8 Å². The molecule has 1 aromatic carbocycles. The van der Waals surface area contributed by atoms with Crippen molar-refractivity contribution in [2.24, 2.45) is 17.8 Å². The van der Waals surface area contributed by atoms with Gasteiger partial charge in [0.1, 0.15) is 0 Å². The number of fused-ring (bicyclic) bond motifs is 2. The summed E-state index contributed by atoms with van der Waals surface area (Å²) >= 11 is 1.84. The molecule has 2 atom stereocenters. The summed E-state index contributed by atoms with van der Waals surface area (Å²) in [7, 11) is 0. The number of rotatable bonds is 4. The molecule has 0 saturated heterocycles. The summed E-state index contributed by atoms with van der Waals surface area (Å²) in [4.78, 5) is 1.38. The van der Waals surface area contributed by atoms with Gasteiger partial charge in [0.2, 0.25) is 0 Å². The van der Waals surface area contributed by atoms with Crippen molar-refractivity contribution < 1.29 is 0 Å². The highest BCUT2D eigenvalue weighted by atomic mass is 32.1. The van der Waals surface area contributed by atoms with Crippen LogP contribution in [0.25, 0.3) is 10.4 Å². The minimum Gasteiger partial charge on any atom is -0.307 e. The van der Waals surface area contributed by atoms with E-state index in [9.17, 15) is 0 Å². The quantitative estimate of drug-likeness (QED) is 0.669.